The molecule has 3 aromatic rings. The van der Waals surface area contributed by atoms with Crippen LogP contribution >= 0.6 is 39.3 Å². The van der Waals surface area contributed by atoms with Crippen molar-refractivity contribution in [2.24, 2.45) is 0 Å². The van der Waals surface area contributed by atoms with Gasteiger partial charge in [-0.15, -0.1) is 0 Å². The van der Waals surface area contributed by atoms with Crippen LogP contribution in [0.4, 0.5) is 10.5 Å². The minimum absolute atomic E-state index is 0.189. The first-order valence-corrected chi connectivity index (χ1v) is 11.2. The van der Waals surface area contributed by atoms with Crippen molar-refractivity contribution >= 4 is 68.9 Å². The number of halogens is 2. The molecule has 0 aliphatic carbocycles. The van der Waals surface area contributed by atoms with Crippen molar-refractivity contribution in [1.82, 2.24) is 5.32 Å². The molecule has 1 fully saturated rings. The normalized spacial score (nSPS) is 15.5. The quantitative estimate of drug-likeness (QED) is 0.269. The fourth-order valence-electron chi connectivity index (χ4n) is 2.85. The van der Waals surface area contributed by atoms with Crippen molar-refractivity contribution in [3.8, 4) is 0 Å². The minimum Gasteiger partial charge on any atom is -0.450 e. The molecule has 1 aliphatic heterocycles. The highest BCUT2D eigenvalue weighted by molar-refractivity contribution is 9.10. The average Bonchev–Trinajstić information content (AvgIpc) is 3.19. The molecule has 0 spiro atoms. The Balaban J connectivity index is 1.52. The number of rotatable bonds is 5. The van der Waals surface area contributed by atoms with Crippen molar-refractivity contribution in [3.05, 3.63) is 87.1 Å². The Labute approximate surface area is 195 Å². The number of furan rings is 1. The Bertz CT molecular complexity index is 1190. The smallest absolute Gasteiger partial charge is 0.335 e. The summed E-state index contributed by atoms with van der Waals surface area (Å²) in [6.07, 6.45) is 1.34. The number of urea groups is 1. The lowest BCUT2D eigenvalue weighted by Gasteiger charge is -2.26. The highest BCUT2D eigenvalue weighted by Gasteiger charge is 2.37. The summed E-state index contributed by atoms with van der Waals surface area (Å²) < 4.78 is 6.53. The lowest BCUT2D eigenvalue weighted by molar-refractivity contribution is -0.122. The van der Waals surface area contributed by atoms with Crippen LogP contribution in [0.3, 0.4) is 0 Å². The monoisotopic (exact) mass is 516 g/mol. The fourth-order valence-corrected chi connectivity index (χ4v) is 4.06. The third kappa shape index (κ3) is 4.92. The predicted octanol–water partition coefficient (Wildman–Crippen LogP) is 5.65. The van der Waals surface area contributed by atoms with Gasteiger partial charge in [-0.25, -0.2) is 9.69 Å². The van der Waals surface area contributed by atoms with Crippen LogP contribution in [0, 0.1) is 0 Å². The second-order valence-corrected chi connectivity index (χ2v) is 8.84. The molecule has 6 nitrogen and oxygen atoms in total. The van der Waals surface area contributed by atoms with Crippen molar-refractivity contribution in [2.45, 2.75) is 10.8 Å². The van der Waals surface area contributed by atoms with E-state index >= 15 is 0 Å². The zero-order valence-corrected chi connectivity index (χ0v) is 19.0. The van der Waals surface area contributed by atoms with E-state index < -0.39 is 17.8 Å². The second kappa shape index (κ2) is 9.13. The second-order valence-electron chi connectivity index (χ2n) is 6.51. The third-order valence-corrected chi connectivity index (χ3v) is 6.13. The van der Waals surface area contributed by atoms with Crippen molar-refractivity contribution in [3.63, 3.8) is 0 Å². The molecule has 1 aliphatic rings. The van der Waals surface area contributed by atoms with E-state index in [1.54, 1.807) is 36.4 Å². The number of amides is 4. The van der Waals surface area contributed by atoms with Gasteiger partial charge in [-0.2, -0.15) is 0 Å². The van der Waals surface area contributed by atoms with E-state index in [1.165, 1.54) is 17.8 Å². The SMILES string of the molecule is O=C1NC(=O)N(c2ccc(Br)cc2)C(=O)C1=Cc1ccc(SCc2ccc(Cl)cc2)o1. The van der Waals surface area contributed by atoms with Crippen LogP contribution in [0.2, 0.25) is 5.02 Å². The zero-order valence-electron chi connectivity index (χ0n) is 15.8. The molecule has 0 radical (unpaired) electrons. The van der Waals surface area contributed by atoms with Crippen molar-refractivity contribution < 1.29 is 18.8 Å². The van der Waals surface area contributed by atoms with Gasteiger partial charge in [-0.05, 0) is 60.2 Å². The number of hydrogen-bond donors (Lipinski definition) is 1. The van der Waals surface area contributed by atoms with Gasteiger partial charge in [0, 0.05) is 15.2 Å². The molecule has 156 valence electrons. The van der Waals surface area contributed by atoms with E-state index in [0.717, 1.165) is 14.9 Å². The first-order valence-electron chi connectivity index (χ1n) is 9.05. The van der Waals surface area contributed by atoms with Crippen LogP contribution in [0.15, 0.2) is 80.2 Å². The van der Waals surface area contributed by atoms with Gasteiger partial charge in [-0.3, -0.25) is 14.9 Å². The van der Waals surface area contributed by atoms with E-state index in [0.29, 0.717) is 27.3 Å². The van der Waals surface area contributed by atoms with Crippen molar-refractivity contribution in [2.75, 3.05) is 4.90 Å². The zero-order chi connectivity index (χ0) is 22.0. The molecular weight excluding hydrogens is 504 g/mol. The number of benzene rings is 2. The molecule has 0 saturated carbocycles. The highest BCUT2D eigenvalue weighted by atomic mass is 79.9. The van der Waals surface area contributed by atoms with Gasteiger partial charge in [0.2, 0.25) is 0 Å². The Morgan fingerprint density at radius 3 is 2.42 bits per heavy atom. The summed E-state index contributed by atoms with van der Waals surface area (Å²) in [6, 6.07) is 16.7. The van der Waals surface area contributed by atoms with Crippen LogP contribution in [0.1, 0.15) is 11.3 Å². The molecule has 4 rings (SSSR count). The number of nitrogens with one attached hydrogen (secondary N) is 1. The van der Waals surface area contributed by atoms with Gasteiger partial charge in [0.05, 0.1) is 5.69 Å². The molecule has 0 atom stereocenters. The van der Waals surface area contributed by atoms with Crippen LogP contribution in [0.25, 0.3) is 6.08 Å². The standard InChI is InChI=1S/C22H14BrClN2O4S/c23-14-3-7-16(8-4-14)26-21(28)18(20(27)25-22(26)29)11-17-9-10-19(30-17)31-12-13-1-5-15(24)6-2-13/h1-11H,12H2,(H,25,27,29). The predicted molar refractivity (Wildman–Crippen MR) is 123 cm³/mol. The molecule has 9 heteroatoms. The molecule has 31 heavy (non-hydrogen) atoms. The maximum absolute atomic E-state index is 12.9. The van der Waals surface area contributed by atoms with Crippen LogP contribution in [0.5, 0.6) is 0 Å². The lowest BCUT2D eigenvalue weighted by atomic mass is 10.1. The summed E-state index contributed by atoms with van der Waals surface area (Å²) in [5, 5.41) is 3.49. The number of carbonyl (C=O) groups is 3. The number of imide groups is 2. The third-order valence-electron chi connectivity index (χ3n) is 4.37. The summed E-state index contributed by atoms with van der Waals surface area (Å²) in [6.45, 7) is 0. The Morgan fingerprint density at radius 1 is 1.00 bits per heavy atom. The Hall–Kier alpha value is -2.81. The molecule has 2 heterocycles. The molecule has 1 saturated heterocycles. The van der Waals surface area contributed by atoms with Crippen LogP contribution < -0.4 is 10.2 Å². The maximum atomic E-state index is 12.9. The van der Waals surface area contributed by atoms with Gasteiger partial charge >= 0.3 is 6.03 Å². The maximum Gasteiger partial charge on any atom is 0.335 e. The average molecular weight is 518 g/mol. The summed E-state index contributed by atoms with van der Waals surface area (Å²) in [4.78, 5) is 38.3. The lowest BCUT2D eigenvalue weighted by Crippen LogP contribution is -2.54. The van der Waals surface area contributed by atoms with E-state index in [-0.39, 0.29) is 5.57 Å². The molecule has 4 amide bonds. The van der Waals surface area contributed by atoms with E-state index in [2.05, 4.69) is 21.2 Å². The van der Waals surface area contributed by atoms with Crippen LogP contribution in [-0.2, 0) is 15.3 Å². The van der Waals surface area contributed by atoms with E-state index in [1.807, 2.05) is 24.3 Å². The Kier molecular flexibility index (Phi) is 6.31. The molecule has 0 bridgehead atoms. The minimum atomic E-state index is -0.798. The van der Waals surface area contributed by atoms with E-state index in [9.17, 15) is 14.4 Å². The van der Waals surface area contributed by atoms with E-state index in [4.69, 9.17) is 16.0 Å². The molecule has 1 aromatic heterocycles. The molecular formula is C22H14BrClN2O4S. The van der Waals surface area contributed by atoms with Gasteiger partial charge in [0.15, 0.2) is 5.09 Å². The fraction of sp³-hybridized carbons (Fsp3) is 0.0455. The number of hydrogen-bond acceptors (Lipinski definition) is 5. The molecule has 0 unspecified atom stereocenters. The highest BCUT2D eigenvalue weighted by Crippen LogP contribution is 2.28. The summed E-state index contributed by atoms with van der Waals surface area (Å²) in [7, 11) is 0. The van der Waals surface area contributed by atoms with Gasteiger partial charge < -0.3 is 4.42 Å². The molecule has 2 aromatic carbocycles. The number of barbiturate groups is 1. The number of carbonyl (C=O) groups excluding carboxylic acids is 3. The van der Waals surface area contributed by atoms with Crippen LogP contribution in [-0.4, -0.2) is 17.8 Å². The Morgan fingerprint density at radius 2 is 1.71 bits per heavy atom. The largest absolute Gasteiger partial charge is 0.450 e. The van der Waals surface area contributed by atoms with Gasteiger partial charge in [-0.1, -0.05) is 51.4 Å². The first kappa shape index (κ1) is 21.4. The summed E-state index contributed by atoms with van der Waals surface area (Å²) in [5.74, 6) is -0.480. The van der Waals surface area contributed by atoms with Gasteiger partial charge in [0.25, 0.3) is 11.8 Å². The summed E-state index contributed by atoms with van der Waals surface area (Å²) >= 11 is 10.7. The van der Waals surface area contributed by atoms with Crippen molar-refractivity contribution in [1.29, 1.82) is 0 Å². The summed E-state index contributed by atoms with van der Waals surface area (Å²) in [5.41, 5.74) is 1.24. The number of nitrogens with zero attached hydrogens (tertiary/aromatic N) is 1. The van der Waals surface area contributed by atoms with Gasteiger partial charge in [0.1, 0.15) is 11.3 Å². The first-order chi connectivity index (χ1) is 14.9. The number of anilines is 1. The molecule has 1 N–H and O–H groups in total. The topological polar surface area (TPSA) is 79.6 Å². The number of thioether (sulfide) groups is 1.